The summed E-state index contributed by atoms with van der Waals surface area (Å²) in [5, 5.41) is 13.4. The van der Waals surface area contributed by atoms with E-state index >= 15 is 0 Å². The predicted octanol–water partition coefficient (Wildman–Crippen LogP) is 2.04. The summed E-state index contributed by atoms with van der Waals surface area (Å²) in [6, 6.07) is 5.54. The molecule has 0 aliphatic carbocycles. The van der Waals surface area contributed by atoms with Crippen molar-refractivity contribution in [2.24, 2.45) is 5.11 Å². The van der Waals surface area contributed by atoms with Gasteiger partial charge in [-0.25, -0.2) is 5.53 Å². The van der Waals surface area contributed by atoms with Crippen molar-refractivity contribution < 1.29 is 18.1 Å². The zero-order valence-electron chi connectivity index (χ0n) is 8.95. The Kier molecular flexibility index (Phi) is 2.68. The molecule has 0 saturated heterocycles. The SMILES string of the molecule is N=Nc1c(S(=O)(=O)O)cc2cc(N)ccc2c1O. The number of anilines is 1. The number of benzene rings is 2. The van der Waals surface area contributed by atoms with E-state index in [2.05, 4.69) is 5.11 Å². The van der Waals surface area contributed by atoms with Gasteiger partial charge in [-0.1, -0.05) is 0 Å². The van der Waals surface area contributed by atoms with Gasteiger partial charge in [-0.15, -0.1) is 0 Å². The van der Waals surface area contributed by atoms with Gasteiger partial charge in [0.1, 0.15) is 10.6 Å². The number of phenols is 1. The molecule has 18 heavy (non-hydrogen) atoms. The van der Waals surface area contributed by atoms with Gasteiger partial charge in [0.25, 0.3) is 10.1 Å². The van der Waals surface area contributed by atoms with Gasteiger partial charge in [-0.05, 0) is 29.7 Å². The molecule has 5 N–H and O–H groups in total. The lowest BCUT2D eigenvalue weighted by Gasteiger charge is -2.08. The molecule has 0 saturated carbocycles. The first kappa shape index (κ1) is 12.3. The summed E-state index contributed by atoms with van der Waals surface area (Å²) in [5.74, 6) is -0.491. The number of nitrogens with two attached hydrogens (primary N) is 1. The highest BCUT2D eigenvalue weighted by Gasteiger charge is 2.21. The first-order valence-corrected chi connectivity index (χ1v) is 6.18. The lowest BCUT2D eigenvalue weighted by atomic mass is 10.1. The fourth-order valence-corrected chi connectivity index (χ4v) is 2.34. The molecule has 0 unspecified atom stereocenters. The number of rotatable bonds is 2. The van der Waals surface area contributed by atoms with Crippen LogP contribution in [-0.4, -0.2) is 18.1 Å². The highest BCUT2D eigenvalue weighted by Crippen LogP contribution is 2.40. The molecular formula is C10H9N3O4S. The van der Waals surface area contributed by atoms with Crippen LogP contribution in [0.15, 0.2) is 34.3 Å². The molecule has 0 bridgehead atoms. The highest BCUT2D eigenvalue weighted by atomic mass is 32.2. The minimum absolute atomic E-state index is 0.294. The van der Waals surface area contributed by atoms with Crippen molar-refractivity contribution in [3.05, 3.63) is 24.3 Å². The lowest BCUT2D eigenvalue weighted by molar-refractivity contribution is 0.471. The van der Waals surface area contributed by atoms with E-state index in [1.165, 1.54) is 18.2 Å². The van der Waals surface area contributed by atoms with Crippen molar-refractivity contribution in [1.82, 2.24) is 0 Å². The number of aromatic hydroxyl groups is 1. The van der Waals surface area contributed by atoms with Gasteiger partial charge >= 0.3 is 0 Å². The molecule has 0 aromatic heterocycles. The van der Waals surface area contributed by atoms with Gasteiger partial charge in [0.05, 0.1) is 0 Å². The summed E-state index contributed by atoms with van der Waals surface area (Å²) in [4.78, 5) is -0.631. The van der Waals surface area contributed by atoms with E-state index in [9.17, 15) is 13.5 Å². The maximum absolute atomic E-state index is 11.2. The van der Waals surface area contributed by atoms with Crippen LogP contribution in [0.1, 0.15) is 0 Å². The molecule has 7 nitrogen and oxygen atoms in total. The fourth-order valence-electron chi connectivity index (χ4n) is 1.67. The second-order valence-corrected chi connectivity index (χ2v) is 5.03. The Hall–Kier alpha value is -2.19. The summed E-state index contributed by atoms with van der Waals surface area (Å²) in [5.41, 5.74) is 12.3. The number of phenolic OH excluding ortho intramolecular Hbond substituents is 1. The van der Waals surface area contributed by atoms with E-state index < -0.39 is 26.5 Å². The molecule has 0 fully saturated rings. The third kappa shape index (κ3) is 1.87. The Morgan fingerprint density at radius 3 is 2.50 bits per heavy atom. The molecule has 0 aliphatic rings. The monoisotopic (exact) mass is 267 g/mol. The summed E-state index contributed by atoms with van der Waals surface area (Å²) < 4.78 is 31.4. The Balaban J connectivity index is 3.00. The predicted molar refractivity (Wildman–Crippen MR) is 64.6 cm³/mol. The van der Waals surface area contributed by atoms with Crippen molar-refractivity contribution in [3.8, 4) is 5.75 Å². The van der Waals surface area contributed by atoms with Crippen LogP contribution in [0.2, 0.25) is 0 Å². The van der Waals surface area contributed by atoms with Crippen molar-refractivity contribution >= 4 is 32.3 Å². The van der Waals surface area contributed by atoms with Gasteiger partial charge in [-0.2, -0.15) is 13.5 Å². The Morgan fingerprint density at radius 1 is 1.28 bits per heavy atom. The zero-order chi connectivity index (χ0) is 13.5. The molecule has 0 spiro atoms. The van der Waals surface area contributed by atoms with E-state index in [0.717, 1.165) is 6.07 Å². The molecule has 2 rings (SSSR count). The molecule has 94 valence electrons. The standard InChI is InChI=1S/C10H9N3O4S/c11-6-1-2-7-5(3-6)4-8(18(15,16)17)9(13-12)10(7)14/h1-4,12,14H,11H2,(H,15,16,17). The van der Waals surface area contributed by atoms with E-state index in [-0.39, 0.29) is 0 Å². The van der Waals surface area contributed by atoms with Crippen molar-refractivity contribution in [1.29, 1.82) is 5.53 Å². The topological polar surface area (TPSA) is 137 Å². The lowest BCUT2D eigenvalue weighted by Crippen LogP contribution is -1.99. The van der Waals surface area contributed by atoms with Crippen molar-refractivity contribution in [2.45, 2.75) is 4.90 Å². The largest absolute Gasteiger partial charge is 0.505 e. The van der Waals surface area contributed by atoms with E-state index in [1.807, 2.05) is 0 Å². The van der Waals surface area contributed by atoms with Crippen LogP contribution in [0, 0.1) is 5.53 Å². The van der Waals surface area contributed by atoms with Gasteiger partial charge in [-0.3, -0.25) is 4.55 Å². The molecule has 0 heterocycles. The van der Waals surface area contributed by atoms with Crippen molar-refractivity contribution in [2.75, 3.05) is 5.73 Å². The Bertz CT molecular complexity index is 755. The van der Waals surface area contributed by atoms with Crippen LogP contribution in [0.5, 0.6) is 5.75 Å². The first-order valence-electron chi connectivity index (χ1n) is 4.74. The van der Waals surface area contributed by atoms with Gasteiger partial charge in [0, 0.05) is 11.1 Å². The van der Waals surface area contributed by atoms with Gasteiger partial charge in [0.15, 0.2) is 5.75 Å². The minimum atomic E-state index is -4.59. The maximum atomic E-state index is 11.2. The van der Waals surface area contributed by atoms with Crippen molar-refractivity contribution in [3.63, 3.8) is 0 Å². The number of nitrogen functional groups attached to an aromatic ring is 1. The van der Waals surface area contributed by atoms with Crippen LogP contribution >= 0.6 is 0 Å². The fraction of sp³-hybridized carbons (Fsp3) is 0. The molecule has 0 amide bonds. The van der Waals surface area contributed by atoms with Gasteiger partial charge in [0.2, 0.25) is 0 Å². The zero-order valence-corrected chi connectivity index (χ0v) is 9.77. The third-order valence-electron chi connectivity index (χ3n) is 2.46. The Labute approximate surface area is 102 Å². The number of nitrogens with one attached hydrogen (secondary N) is 1. The van der Waals surface area contributed by atoms with Gasteiger partial charge < -0.3 is 10.8 Å². The van der Waals surface area contributed by atoms with Crippen LogP contribution in [0.3, 0.4) is 0 Å². The quantitative estimate of drug-likeness (QED) is 0.375. The first-order chi connectivity index (χ1) is 8.34. The van der Waals surface area contributed by atoms with Crippen LogP contribution in [-0.2, 0) is 10.1 Å². The molecule has 2 aromatic rings. The maximum Gasteiger partial charge on any atom is 0.296 e. The molecule has 0 radical (unpaired) electrons. The van der Waals surface area contributed by atoms with Crippen LogP contribution in [0.4, 0.5) is 11.4 Å². The molecule has 0 aliphatic heterocycles. The summed E-state index contributed by atoms with van der Waals surface area (Å²) in [7, 11) is -4.59. The van der Waals surface area contributed by atoms with E-state index in [0.29, 0.717) is 16.5 Å². The summed E-state index contributed by atoms with van der Waals surface area (Å²) >= 11 is 0. The van der Waals surface area contributed by atoms with E-state index in [4.69, 9.17) is 15.8 Å². The van der Waals surface area contributed by atoms with Crippen LogP contribution in [0.25, 0.3) is 10.8 Å². The van der Waals surface area contributed by atoms with E-state index in [1.54, 1.807) is 0 Å². The summed E-state index contributed by atoms with van der Waals surface area (Å²) in [6.07, 6.45) is 0. The number of hydrogen-bond acceptors (Lipinski definition) is 6. The molecule has 2 aromatic carbocycles. The Morgan fingerprint density at radius 2 is 1.94 bits per heavy atom. The second-order valence-electron chi connectivity index (χ2n) is 3.64. The highest BCUT2D eigenvalue weighted by molar-refractivity contribution is 7.86. The number of hydrogen-bond donors (Lipinski definition) is 4. The smallest absolute Gasteiger partial charge is 0.296 e. The van der Waals surface area contributed by atoms with Crippen LogP contribution < -0.4 is 5.73 Å². The average Bonchev–Trinajstić information content (AvgIpc) is 2.27. The second kappa shape index (κ2) is 3.93. The normalized spacial score (nSPS) is 11.6. The molecule has 0 atom stereocenters. The minimum Gasteiger partial charge on any atom is -0.505 e. The third-order valence-corrected chi connectivity index (χ3v) is 3.33. The number of fused-ring (bicyclic) bond motifs is 1. The number of nitrogens with zero attached hydrogens (tertiary/aromatic N) is 1. The average molecular weight is 267 g/mol. The molecule has 8 heteroatoms. The summed E-state index contributed by atoms with van der Waals surface area (Å²) in [6.45, 7) is 0. The molecular weight excluding hydrogens is 258 g/mol.